The average Bonchev–Trinajstić information content (AvgIpc) is 2.79. The van der Waals surface area contributed by atoms with Gasteiger partial charge in [0.1, 0.15) is 0 Å². The third-order valence-electron chi connectivity index (χ3n) is 4.67. The lowest BCUT2D eigenvalue weighted by Crippen LogP contribution is -2.51. The van der Waals surface area contributed by atoms with Crippen LogP contribution in [0.5, 0.6) is 0 Å². The normalized spacial score (nSPS) is 34.8. The summed E-state index contributed by atoms with van der Waals surface area (Å²) < 4.78 is 38.9. The molecule has 3 nitrogen and oxygen atoms in total. The largest absolute Gasteiger partial charge is 0.394 e. The van der Waals surface area contributed by atoms with Crippen molar-refractivity contribution >= 4 is 5.91 Å². The van der Waals surface area contributed by atoms with Gasteiger partial charge in [0.15, 0.2) is 0 Å². The molecule has 2 rings (SSSR count). The Morgan fingerprint density at radius 2 is 1.89 bits per heavy atom. The maximum Gasteiger partial charge on any atom is 0.394 e. The number of nitrogens with zero attached hydrogens (tertiary/aromatic N) is 1. The fourth-order valence-corrected chi connectivity index (χ4v) is 3.51. The summed E-state index contributed by atoms with van der Waals surface area (Å²) in [6, 6.07) is 0.0121. The summed E-state index contributed by atoms with van der Waals surface area (Å²) in [6.45, 7) is 3.23. The number of nitrogens with two attached hydrogens (primary N) is 1. The van der Waals surface area contributed by atoms with E-state index in [1.54, 1.807) is 0 Å². The van der Waals surface area contributed by atoms with Crippen LogP contribution in [-0.4, -0.2) is 35.1 Å². The minimum Gasteiger partial charge on any atom is -0.337 e. The number of alkyl halides is 3. The van der Waals surface area contributed by atoms with E-state index in [0.717, 1.165) is 6.42 Å². The van der Waals surface area contributed by atoms with Crippen LogP contribution in [-0.2, 0) is 4.79 Å². The molecule has 1 aliphatic heterocycles. The second kappa shape index (κ2) is 4.65. The highest BCUT2D eigenvalue weighted by Gasteiger charge is 2.56. The molecule has 0 radical (unpaired) electrons. The number of halogens is 3. The van der Waals surface area contributed by atoms with Gasteiger partial charge in [-0.3, -0.25) is 4.79 Å². The van der Waals surface area contributed by atoms with Gasteiger partial charge in [0.05, 0.1) is 5.92 Å². The van der Waals surface area contributed by atoms with Gasteiger partial charge in [-0.05, 0) is 39.5 Å². The second-order valence-electron chi connectivity index (χ2n) is 6.30. The molecule has 3 unspecified atom stereocenters. The average molecular weight is 278 g/mol. The summed E-state index contributed by atoms with van der Waals surface area (Å²) >= 11 is 0. The van der Waals surface area contributed by atoms with Gasteiger partial charge in [-0.25, -0.2) is 0 Å². The third kappa shape index (κ3) is 2.59. The number of hydrogen-bond acceptors (Lipinski definition) is 2. The van der Waals surface area contributed by atoms with E-state index in [0.29, 0.717) is 12.8 Å². The Kier molecular flexibility index (Phi) is 3.58. The number of carbonyl (C=O) groups is 1. The third-order valence-corrected chi connectivity index (χ3v) is 4.67. The fourth-order valence-electron chi connectivity index (χ4n) is 3.51. The summed E-state index contributed by atoms with van der Waals surface area (Å²) in [5.41, 5.74) is 4.62. The zero-order valence-electron chi connectivity index (χ0n) is 11.3. The van der Waals surface area contributed by atoms with Crippen LogP contribution in [0.3, 0.4) is 0 Å². The van der Waals surface area contributed by atoms with Crippen LogP contribution < -0.4 is 5.73 Å². The van der Waals surface area contributed by atoms with Gasteiger partial charge in [-0.1, -0.05) is 0 Å². The van der Waals surface area contributed by atoms with Crippen molar-refractivity contribution in [2.75, 3.05) is 6.54 Å². The lowest BCUT2D eigenvalue weighted by atomic mass is 9.87. The standard InChI is InChI=1S/C13H21F3N2O/c1-12(2)10(13(14,15)16)5-6-18(12)11(19)8-3-4-9(17)7-8/h8-10H,3-7,17H2,1-2H3. The first-order valence-corrected chi connectivity index (χ1v) is 6.78. The molecule has 0 spiro atoms. The molecule has 2 fully saturated rings. The van der Waals surface area contributed by atoms with Crippen LogP contribution in [0.15, 0.2) is 0 Å². The number of rotatable bonds is 1. The molecule has 1 saturated carbocycles. The lowest BCUT2D eigenvalue weighted by molar-refractivity contribution is -0.192. The summed E-state index contributed by atoms with van der Waals surface area (Å²) in [7, 11) is 0. The number of hydrogen-bond donors (Lipinski definition) is 1. The van der Waals surface area contributed by atoms with Crippen molar-refractivity contribution in [1.82, 2.24) is 4.90 Å². The van der Waals surface area contributed by atoms with E-state index in [2.05, 4.69) is 0 Å². The first-order valence-electron chi connectivity index (χ1n) is 6.78. The van der Waals surface area contributed by atoms with Gasteiger partial charge in [0.25, 0.3) is 0 Å². The van der Waals surface area contributed by atoms with Crippen molar-refractivity contribution in [3.8, 4) is 0 Å². The molecule has 2 N–H and O–H groups in total. The van der Waals surface area contributed by atoms with Gasteiger partial charge in [-0.2, -0.15) is 13.2 Å². The van der Waals surface area contributed by atoms with E-state index in [1.165, 1.54) is 18.7 Å². The molecular formula is C13H21F3N2O. The van der Waals surface area contributed by atoms with Crippen molar-refractivity contribution in [2.45, 2.75) is 57.3 Å². The van der Waals surface area contributed by atoms with E-state index in [9.17, 15) is 18.0 Å². The molecule has 0 bridgehead atoms. The molecule has 3 atom stereocenters. The molecule has 0 aromatic rings. The molecular weight excluding hydrogens is 257 g/mol. The number of amides is 1. The van der Waals surface area contributed by atoms with E-state index in [-0.39, 0.29) is 30.8 Å². The van der Waals surface area contributed by atoms with Crippen molar-refractivity contribution < 1.29 is 18.0 Å². The zero-order chi connectivity index (χ0) is 14.4. The minimum atomic E-state index is -4.25. The van der Waals surface area contributed by atoms with Crippen LogP contribution in [0.25, 0.3) is 0 Å². The van der Waals surface area contributed by atoms with Crippen LogP contribution in [0, 0.1) is 11.8 Å². The van der Waals surface area contributed by atoms with Gasteiger partial charge in [-0.15, -0.1) is 0 Å². The van der Waals surface area contributed by atoms with E-state index in [4.69, 9.17) is 5.73 Å². The lowest BCUT2D eigenvalue weighted by Gasteiger charge is -2.38. The fraction of sp³-hybridized carbons (Fsp3) is 0.923. The van der Waals surface area contributed by atoms with Crippen LogP contribution in [0.2, 0.25) is 0 Å². The highest BCUT2D eigenvalue weighted by molar-refractivity contribution is 5.80. The molecule has 1 heterocycles. The Morgan fingerprint density at radius 1 is 1.26 bits per heavy atom. The first kappa shape index (κ1) is 14.6. The van der Waals surface area contributed by atoms with Gasteiger partial charge < -0.3 is 10.6 Å². The quantitative estimate of drug-likeness (QED) is 0.800. The van der Waals surface area contributed by atoms with Gasteiger partial charge in [0, 0.05) is 24.0 Å². The molecule has 2 aliphatic rings. The predicted octanol–water partition coefficient (Wildman–Crippen LogP) is 2.30. The van der Waals surface area contributed by atoms with E-state index in [1.807, 2.05) is 0 Å². The Labute approximate surface area is 111 Å². The van der Waals surface area contributed by atoms with Crippen molar-refractivity contribution in [2.24, 2.45) is 17.6 Å². The zero-order valence-corrected chi connectivity index (χ0v) is 11.3. The molecule has 6 heteroatoms. The SMILES string of the molecule is CC1(C)C(C(F)(F)F)CCN1C(=O)C1CCC(N)C1. The van der Waals surface area contributed by atoms with E-state index >= 15 is 0 Å². The van der Waals surface area contributed by atoms with Crippen LogP contribution in [0.1, 0.15) is 39.5 Å². The highest BCUT2D eigenvalue weighted by atomic mass is 19.4. The summed E-state index contributed by atoms with van der Waals surface area (Å²) in [6.07, 6.45) is -2.16. The monoisotopic (exact) mass is 278 g/mol. The first-order chi connectivity index (χ1) is 8.64. The summed E-state index contributed by atoms with van der Waals surface area (Å²) in [5.74, 6) is -1.77. The minimum absolute atomic E-state index is 0.00101. The van der Waals surface area contributed by atoms with Crippen molar-refractivity contribution in [3.05, 3.63) is 0 Å². The summed E-state index contributed by atoms with van der Waals surface area (Å²) in [4.78, 5) is 13.8. The van der Waals surface area contributed by atoms with Crippen LogP contribution >= 0.6 is 0 Å². The topological polar surface area (TPSA) is 46.3 Å². The van der Waals surface area contributed by atoms with Gasteiger partial charge >= 0.3 is 6.18 Å². The van der Waals surface area contributed by atoms with E-state index < -0.39 is 17.6 Å². The van der Waals surface area contributed by atoms with Crippen LogP contribution in [0.4, 0.5) is 13.2 Å². The predicted molar refractivity (Wildman–Crippen MR) is 65.3 cm³/mol. The Morgan fingerprint density at radius 3 is 2.32 bits per heavy atom. The molecule has 110 valence electrons. The Bertz CT molecular complexity index is 367. The molecule has 1 amide bonds. The molecule has 1 saturated heterocycles. The van der Waals surface area contributed by atoms with Crippen molar-refractivity contribution in [3.63, 3.8) is 0 Å². The molecule has 1 aliphatic carbocycles. The molecule has 0 aromatic heterocycles. The smallest absolute Gasteiger partial charge is 0.337 e. The number of likely N-dealkylation sites (tertiary alicyclic amines) is 1. The molecule has 0 aromatic carbocycles. The Balaban J connectivity index is 2.12. The highest BCUT2D eigenvalue weighted by Crippen LogP contribution is 2.45. The molecule has 19 heavy (non-hydrogen) atoms. The summed E-state index contributed by atoms with van der Waals surface area (Å²) in [5, 5.41) is 0. The van der Waals surface area contributed by atoms with Gasteiger partial charge in [0.2, 0.25) is 5.91 Å². The number of carbonyl (C=O) groups excluding carboxylic acids is 1. The second-order valence-corrected chi connectivity index (χ2v) is 6.30. The van der Waals surface area contributed by atoms with Crippen molar-refractivity contribution in [1.29, 1.82) is 0 Å². The maximum absolute atomic E-state index is 13.0. The Hall–Kier alpha value is -0.780. The maximum atomic E-state index is 13.0.